The van der Waals surface area contributed by atoms with Crippen LogP contribution in [0.5, 0.6) is 0 Å². The zero-order valence-electron chi connectivity index (χ0n) is 27.0. The number of aryl methyl sites for hydroxylation is 1. The van der Waals surface area contributed by atoms with Gasteiger partial charge in [-0.25, -0.2) is 4.39 Å². The van der Waals surface area contributed by atoms with E-state index >= 15 is 4.39 Å². The first-order valence-electron chi connectivity index (χ1n) is 16.7. The maximum absolute atomic E-state index is 15.2. The Hall–Kier alpha value is -2.74. The van der Waals surface area contributed by atoms with Gasteiger partial charge >= 0.3 is 0 Å². The lowest BCUT2D eigenvalue weighted by Gasteiger charge is -2.46. The fourth-order valence-corrected chi connectivity index (χ4v) is 7.66. The highest BCUT2D eigenvalue weighted by atomic mass is 19.1. The number of nitrogens with zero attached hydrogens (tertiary/aromatic N) is 6. The summed E-state index contributed by atoms with van der Waals surface area (Å²) in [6.45, 7) is 19.2. The zero-order valence-corrected chi connectivity index (χ0v) is 27.0. The van der Waals surface area contributed by atoms with E-state index in [0.717, 1.165) is 48.7 Å². The second-order valence-electron chi connectivity index (χ2n) is 13.4. The molecule has 0 N–H and O–H groups in total. The average molecular weight is 587 g/mol. The van der Waals surface area contributed by atoms with Crippen molar-refractivity contribution >= 4 is 28.0 Å². The van der Waals surface area contributed by atoms with Crippen LogP contribution in [0, 0.1) is 12.7 Å². The molecular weight excluding hydrogens is 535 g/mol. The van der Waals surface area contributed by atoms with Crippen LogP contribution < -0.4 is 9.80 Å². The van der Waals surface area contributed by atoms with Gasteiger partial charge in [0.1, 0.15) is 5.82 Å². The molecular formula is C36H51FN6. The van der Waals surface area contributed by atoms with E-state index < -0.39 is 0 Å². The van der Waals surface area contributed by atoms with Crippen molar-refractivity contribution in [3.05, 3.63) is 59.5 Å². The van der Waals surface area contributed by atoms with E-state index in [1.165, 1.54) is 75.3 Å². The summed E-state index contributed by atoms with van der Waals surface area (Å²) < 4.78 is 15.2. The predicted molar refractivity (Wildman–Crippen MR) is 179 cm³/mol. The highest BCUT2D eigenvalue weighted by molar-refractivity contribution is 6.00. The molecule has 43 heavy (non-hydrogen) atoms. The number of fused-ring (bicyclic) bond motifs is 1. The van der Waals surface area contributed by atoms with Crippen molar-refractivity contribution in [3.63, 3.8) is 0 Å². The molecule has 232 valence electrons. The van der Waals surface area contributed by atoms with Crippen molar-refractivity contribution in [1.29, 1.82) is 0 Å². The van der Waals surface area contributed by atoms with Gasteiger partial charge in [0.05, 0.1) is 28.8 Å². The Morgan fingerprint density at radius 3 is 2.05 bits per heavy atom. The third kappa shape index (κ3) is 6.40. The van der Waals surface area contributed by atoms with Crippen molar-refractivity contribution in [2.24, 2.45) is 0 Å². The van der Waals surface area contributed by atoms with Gasteiger partial charge in [-0.3, -0.25) is 14.8 Å². The van der Waals surface area contributed by atoms with Crippen LogP contribution in [0.15, 0.2) is 42.6 Å². The van der Waals surface area contributed by atoms with Gasteiger partial charge in [-0.1, -0.05) is 32.9 Å². The topological polar surface area (TPSA) is 29.1 Å². The van der Waals surface area contributed by atoms with Crippen LogP contribution >= 0.6 is 0 Å². The Kier molecular flexibility index (Phi) is 9.22. The number of hydrogen-bond donors (Lipinski definition) is 0. The molecule has 0 bridgehead atoms. The highest BCUT2D eigenvalue weighted by Gasteiger charge is 2.32. The van der Waals surface area contributed by atoms with Crippen molar-refractivity contribution in [3.8, 4) is 0 Å². The monoisotopic (exact) mass is 586 g/mol. The van der Waals surface area contributed by atoms with Gasteiger partial charge in [0.25, 0.3) is 0 Å². The molecule has 1 aromatic heterocycles. The normalized spacial score (nSPS) is 20.4. The first-order chi connectivity index (χ1) is 20.8. The van der Waals surface area contributed by atoms with E-state index in [2.05, 4.69) is 58.6 Å². The van der Waals surface area contributed by atoms with Gasteiger partial charge in [-0.2, -0.15) is 0 Å². The van der Waals surface area contributed by atoms with Crippen LogP contribution in [-0.2, 0) is 0 Å². The number of rotatable bonds is 7. The van der Waals surface area contributed by atoms with Crippen molar-refractivity contribution in [2.75, 3.05) is 75.8 Å². The van der Waals surface area contributed by atoms with Crippen molar-refractivity contribution in [2.45, 2.75) is 71.4 Å². The molecule has 7 heteroatoms. The fraction of sp³-hybridized carbons (Fsp3) is 0.583. The number of hydrogen-bond acceptors (Lipinski definition) is 6. The minimum Gasteiger partial charge on any atom is -0.369 e. The smallest absolute Gasteiger partial charge is 0.147 e. The predicted octanol–water partition coefficient (Wildman–Crippen LogP) is 6.64. The Bertz CT molecular complexity index is 1380. The average Bonchev–Trinajstić information content (AvgIpc) is 3.04. The van der Waals surface area contributed by atoms with Crippen LogP contribution in [0.25, 0.3) is 10.9 Å². The molecule has 0 amide bonds. The quantitative estimate of drug-likeness (QED) is 0.308. The number of halogens is 1. The van der Waals surface area contributed by atoms with Gasteiger partial charge in [0.15, 0.2) is 0 Å². The molecule has 3 saturated heterocycles. The van der Waals surface area contributed by atoms with E-state index in [1.54, 1.807) is 6.07 Å². The summed E-state index contributed by atoms with van der Waals surface area (Å²) in [6.07, 6.45) is 6.92. The fourth-order valence-electron chi connectivity index (χ4n) is 7.66. The molecule has 6 nitrogen and oxygen atoms in total. The number of likely N-dealkylation sites (tertiary alicyclic amines) is 1. The molecule has 4 heterocycles. The number of anilines is 3. The minimum atomic E-state index is -0.196. The lowest BCUT2D eigenvalue weighted by Crippen LogP contribution is -2.56. The van der Waals surface area contributed by atoms with Gasteiger partial charge in [-0.05, 0) is 93.6 Å². The summed E-state index contributed by atoms with van der Waals surface area (Å²) in [6, 6.07) is 13.6. The molecule has 0 aliphatic carbocycles. The van der Waals surface area contributed by atoms with E-state index in [4.69, 9.17) is 4.98 Å². The molecule has 2 aromatic carbocycles. The van der Waals surface area contributed by atoms with Crippen LogP contribution in [-0.4, -0.2) is 97.7 Å². The summed E-state index contributed by atoms with van der Waals surface area (Å²) in [5.74, 6) is 0.231. The Morgan fingerprint density at radius 2 is 1.47 bits per heavy atom. The zero-order chi connectivity index (χ0) is 30.1. The van der Waals surface area contributed by atoms with Crippen LogP contribution in [0.3, 0.4) is 0 Å². The first-order valence-corrected chi connectivity index (χ1v) is 16.7. The van der Waals surface area contributed by atoms with Crippen molar-refractivity contribution in [1.82, 2.24) is 19.7 Å². The van der Waals surface area contributed by atoms with Crippen LogP contribution in [0.4, 0.5) is 21.5 Å². The van der Waals surface area contributed by atoms with Crippen molar-refractivity contribution < 1.29 is 4.39 Å². The van der Waals surface area contributed by atoms with Crippen LogP contribution in [0.2, 0.25) is 0 Å². The Balaban J connectivity index is 1.19. The second kappa shape index (κ2) is 13.1. The Morgan fingerprint density at radius 1 is 0.837 bits per heavy atom. The molecule has 0 radical (unpaired) electrons. The number of piperidine rings is 2. The van der Waals surface area contributed by atoms with E-state index in [-0.39, 0.29) is 5.82 Å². The lowest BCUT2D eigenvalue weighted by molar-refractivity contribution is 0.0384. The summed E-state index contributed by atoms with van der Waals surface area (Å²) in [5.41, 5.74) is 5.99. The molecule has 6 rings (SSSR count). The molecule has 3 aliphatic rings. The number of piperazine rings is 1. The largest absolute Gasteiger partial charge is 0.369 e. The maximum atomic E-state index is 15.2. The van der Waals surface area contributed by atoms with E-state index in [9.17, 15) is 0 Å². The highest BCUT2D eigenvalue weighted by Crippen LogP contribution is 2.41. The van der Waals surface area contributed by atoms with Gasteiger partial charge in [-0.15, -0.1) is 0 Å². The molecule has 3 fully saturated rings. The van der Waals surface area contributed by atoms with Gasteiger partial charge < -0.3 is 14.7 Å². The van der Waals surface area contributed by atoms with Gasteiger partial charge in [0, 0.05) is 63.8 Å². The van der Waals surface area contributed by atoms with E-state index in [0.29, 0.717) is 17.6 Å². The minimum absolute atomic E-state index is 0.196. The number of pyridine rings is 1. The third-order valence-electron chi connectivity index (χ3n) is 10.5. The summed E-state index contributed by atoms with van der Waals surface area (Å²) in [5, 5.41) is 1.17. The first kappa shape index (κ1) is 30.3. The lowest BCUT2D eigenvalue weighted by atomic mass is 9.97. The SMILES string of the molecule is CCN1CCC(N2CCN(C3CCN(c4c(N(C)c5ccc(C)cc5F)cnc5ccc(C(C)C)cc45)CC3)CC2)CC1. The third-order valence-corrected chi connectivity index (χ3v) is 10.5. The van der Waals surface area contributed by atoms with E-state index in [1.807, 2.05) is 37.2 Å². The maximum Gasteiger partial charge on any atom is 0.147 e. The van der Waals surface area contributed by atoms with Crippen LogP contribution in [0.1, 0.15) is 63.5 Å². The summed E-state index contributed by atoms with van der Waals surface area (Å²) in [4.78, 5) is 17.6. The summed E-state index contributed by atoms with van der Waals surface area (Å²) in [7, 11) is 1.98. The molecule has 3 aromatic rings. The molecule has 3 aliphatic heterocycles. The Labute approximate surface area is 258 Å². The number of aromatic nitrogens is 1. The molecule has 0 spiro atoms. The van der Waals surface area contributed by atoms with Gasteiger partial charge in [0.2, 0.25) is 0 Å². The number of benzene rings is 2. The molecule has 0 atom stereocenters. The standard InChI is InChI=1S/C36H51FN6/c1-6-40-15-11-29(12-16-40)41-19-21-42(22-20-41)30-13-17-43(18-14-30)36-31-24-28(26(2)3)8-9-33(31)38-25-35(36)39(5)34-10-7-27(4)23-32(34)37/h7-10,23-26,29-30H,6,11-22H2,1-5H3. The summed E-state index contributed by atoms with van der Waals surface area (Å²) >= 11 is 0. The molecule has 0 saturated carbocycles. The molecule has 0 unspecified atom stereocenters. The second-order valence-corrected chi connectivity index (χ2v) is 13.4.